The Hall–Kier alpha value is -3.87. The zero-order valence-corrected chi connectivity index (χ0v) is 25.7. The van der Waals surface area contributed by atoms with Gasteiger partial charge in [0.15, 0.2) is 0 Å². The standard InChI is InChI=1S/C35H40N4O4S/c36-25-35(27-8-3-1-4-9-27,32-12-7-13-33(32)43-34(37)40)28-18-20-38(21-19-28)22-26-23-39(24-26)29-14-16-31(17-15-29)44(41,42)30-10-5-2-6-11-30/h1-6,8-11,14-17,26,28,32-33H,7,12-13,18-24H2,(H2,37,40)/t32-,33-,35?/m0/s1. The summed E-state index contributed by atoms with van der Waals surface area (Å²) >= 11 is 0. The summed E-state index contributed by atoms with van der Waals surface area (Å²) in [5.41, 5.74) is 6.77. The van der Waals surface area contributed by atoms with Crippen molar-refractivity contribution < 1.29 is 17.9 Å². The van der Waals surface area contributed by atoms with Gasteiger partial charge in [0, 0.05) is 37.2 Å². The van der Waals surface area contributed by atoms with Gasteiger partial charge in [-0.05, 0) is 93.1 Å². The maximum atomic E-state index is 12.9. The van der Waals surface area contributed by atoms with Gasteiger partial charge < -0.3 is 20.3 Å². The van der Waals surface area contributed by atoms with Crippen LogP contribution in [0.25, 0.3) is 0 Å². The van der Waals surface area contributed by atoms with E-state index in [4.69, 9.17) is 10.5 Å². The number of piperidine rings is 1. The second kappa shape index (κ2) is 12.6. The van der Waals surface area contributed by atoms with E-state index in [0.717, 1.165) is 76.1 Å². The highest BCUT2D eigenvalue weighted by molar-refractivity contribution is 7.91. The lowest BCUT2D eigenvalue weighted by Gasteiger charge is -2.47. The van der Waals surface area contributed by atoms with Gasteiger partial charge in [0.25, 0.3) is 0 Å². The molecule has 44 heavy (non-hydrogen) atoms. The van der Waals surface area contributed by atoms with E-state index in [2.05, 4.69) is 28.0 Å². The summed E-state index contributed by atoms with van der Waals surface area (Å²) in [6.45, 7) is 4.73. The molecule has 6 rings (SSSR count). The Morgan fingerprint density at radius 1 is 0.886 bits per heavy atom. The summed E-state index contributed by atoms with van der Waals surface area (Å²) in [6, 6.07) is 28.6. The fraction of sp³-hybridized carbons (Fsp3) is 0.429. The molecule has 0 bridgehead atoms. The Morgan fingerprint density at radius 3 is 2.11 bits per heavy atom. The number of nitrogens with two attached hydrogens (primary N) is 1. The van der Waals surface area contributed by atoms with Gasteiger partial charge in [0.2, 0.25) is 9.84 Å². The van der Waals surface area contributed by atoms with Crippen molar-refractivity contribution in [1.82, 2.24) is 4.90 Å². The molecule has 2 heterocycles. The first-order chi connectivity index (χ1) is 21.3. The lowest BCUT2D eigenvalue weighted by atomic mass is 9.59. The van der Waals surface area contributed by atoms with Crippen LogP contribution in [0.5, 0.6) is 0 Å². The SMILES string of the molecule is N#CC(c1ccccc1)(C1CCN(CC2CN(c3ccc(S(=O)(=O)c4ccccc4)cc3)C2)CC1)[C@H]1CCC[C@@H]1OC(N)=O. The number of benzene rings is 3. The average molecular weight is 613 g/mol. The van der Waals surface area contributed by atoms with Crippen LogP contribution in [0.15, 0.2) is 94.7 Å². The average Bonchev–Trinajstić information content (AvgIpc) is 3.49. The summed E-state index contributed by atoms with van der Waals surface area (Å²) in [6.07, 6.45) is 3.23. The largest absolute Gasteiger partial charge is 0.446 e. The van der Waals surface area contributed by atoms with Gasteiger partial charge in [-0.25, -0.2) is 13.2 Å². The minimum Gasteiger partial charge on any atom is -0.446 e. The molecule has 230 valence electrons. The van der Waals surface area contributed by atoms with Crippen LogP contribution in [0.1, 0.15) is 37.7 Å². The number of rotatable bonds is 9. The number of nitrogens with zero attached hydrogens (tertiary/aromatic N) is 3. The number of sulfone groups is 1. The molecule has 1 aliphatic carbocycles. The van der Waals surface area contributed by atoms with Crippen LogP contribution in [0.4, 0.5) is 10.5 Å². The molecule has 3 atom stereocenters. The molecule has 3 aromatic carbocycles. The fourth-order valence-corrected chi connectivity index (χ4v) is 9.13. The first-order valence-electron chi connectivity index (χ1n) is 15.6. The van der Waals surface area contributed by atoms with Crippen molar-refractivity contribution in [1.29, 1.82) is 5.26 Å². The molecule has 0 radical (unpaired) electrons. The smallest absolute Gasteiger partial charge is 0.404 e. The van der Waals surface area contributed by atoms with Crippen LogP contribution in [0, 0.1) is 29.1 Å². The molecular weight excluding hydrogens is 572 g/mol. The van der Waals surface area contributed by atoms with E-state index in [1.54, 1.807) is 36.4 Å². The van der Waals surface area contributed by atoms with E-state index in [0.29, 0.717) is 15.7 Å². The molecule has 0 aromatic heterocycles. The highest BCUT2D eigenvalue weighted by Crippen LogP contribution is 2.51. The van der Waals surface area contributed by atoms with Gasteiger partial charge >= 0.3 is 6.09 Å². The predicted octanol–water partition coefficient (Wildman–Crippen LogP) is 5.39. The number of hydrogen-bond donors (Lipinski definition) is 1. The molecule has 1 saturated carbocycles. The van der Waals surface area contributed by atoms with Crippen LogP contribution in [-0.2, 0) is 20.0 Å². The third-order valence-electron chi connectivity index (χ3n) is 10.0. The van der Waals surface area contributed by atoms with E-state index in [1.165, 1.54) is 0 Å². The van der Waals surface area contributed by atoms with Crippen LogP contribution in [-0.4, -0.2) is 58.2 Å². The highest BCUT2D eigenvalue weighted by atomic mass is 32.2. The van der Waals surface area contributed by atoms with Crippen LogP contribution in [0.3, 0.4) is 0 Å². The third kappa shape index (κ3) is 5.81. The van der Waals surface area contributed by atoms with E-state index >= 15 is 0 Å². The Balaban J connectivity index is 1.06. The Morgan fingerprint density at radius 2 is 1.50 bits per heavy atom. The molecule has 3 aromatic rings. The van der Waals surface area contributed by atoms with Crippen molar-refractivity contribution in [3.05, 3.63) is 90.5 Å². The van der Waals surface area contributed by atoms with E-state index < -0.39 is 21.3 Å². The topological polar surface area (TPSA) is 117 Å². The van der Waals surface area contributed by atoms with E-state index in [9.17, 15) is 18.5 Å². The molecule has 3 aliphatic rings. The molecule has 1 unspecified atom stereocenters. The zero-order chi connectivity index (χ0) is 30.7. The summed E-state index contributed by atoms with van der Waals surface area (Å²) in [5, 5.41) is 10.8. The quantitative estimate of drug-likeness (QED) is 0.344. The fourth-order valence-electron chi connectivity index (χ4n) is 7.85. The Kier molecular flexibility index (Phi) is 8.66. The number of likely N-dealkylation sites (tertiary alicyclic amines) is 1. The number of primary amides is 1. The van der Waals surface area contributed by atoms with E-state index in [-0.39, 0.29) is 17.9 Å². The van der Waals surface area contributed by atoms with Gasteiger partial charge in [-0.2, -0.15) is 5.26 Å². The second-order valence-electron chi connectivity index (χ2n) is 12.5. The lowest BCUT2D eigenvalue weighted by molar-refractivity contribution is 0.0337. The number of hydrogen-bond acceptors (Lipinski definition) is 7. The number of ether oxygens (including phenoxy) is 1. The van der Waals surface area contributed by atoms with Gasteiger partial charge in [-0.1, -0.05) is 48.5 Å². The maximum absolute atomic E-state index is 12.9. The van der Waals surface area contributed by atoms with Crippen molar-refractivity contribution in [2.24, 2.45) is 23.5 Å². The molecule has 3 fully saturated rings. The van der Waals surface area contributed by atoms with Crippen molar-refractivity contribution in [2.75, 3.05) is 37.6 Å². The van der Waals surface area contributed by atoms with Gasteiger partial charge in [0.05, 0.1) is 21.3 Å². The van der Waals surface area contributed by atoms with Crippen LogP contribution in [0.2, 0.25) is 0 Å². The van der Waals surface area contributed by atoms with E-state index in [1.807, 2.05) is 36.4 Å². The summed E-state index contributed by atoms with van der Waals surface area (Å²) < 4.78 is 31.4. The lowest BCUT2D eigenvalue weighted by Crippen LogP contribution is -2.54. The number of nitriles is 1. The summed E-state index contributed by atoms with van der Waals surface area (Å²) in [7, 11) is -3.52. The zero-order valence-electron chi connectivity index (χ0n) is 24.9. The Bertz CT molecular complexity index is 1580. The van der Waals surface area contributed by atoms with Crippen molar-refractivity contribution in [3.8, 4) is 6.07 Å². The molecule has 2 saturated heterocycles. The number of carbonyl (C=O) groups excluding carboxylic acids is 1. The number of amides is 1. The molecule has 2 N–H and O–H groups in total. The third-order valence-corrected chi connectivity index (χ3v) is 11.8. The first-order valence-corrected chi connectivity index (χ1v) is 17.1. The van der Waals surface area contributed by atoms with Crippen LogP contribution < -0.4 is 10.6 Å². The van der Waals surface area contributed by atoms with Gasteiger partial charge in [0.1, 0.15) is 6.10 Å². The molecular formula is C35H40N4O4S. The monoisotopic (exact) mass is 612 g/mol. The van der Waals surface area contributed by atoms with Crippen LogP contribution >= 0.6 is 0 Å². The van der Waals surface area contributed by atoms with Gasteiger partial charge in [-0.3, -0.25) is 0 Å². The predicted molar refractivity (Wildman–Crippen MR) is 169 cm³/mol. The molecule has 9 heteroatoms. The number of anilines is 1. The molecule has 8 nitrogen and oxygen atoms in total. The molecule has 2 aliphatic heterocycles. The Labute approximate surface area is 260 Å². The minimum atomic E-state index is -3.52. The van der Waals surface area contributed by atoms with Crippen molar-refractivity contribution in [2.45, 2.75) is 53.4 Å². The molecule has 1 amide bonds. The van der Waals surface area contributed by atoms with Crippen molar-refractivity contribution >= 4 is 21.6 Å². The maximum Gasteiger partial charge on any atom is 0.404 e. The highest BCUT2D eigenvalue weighted by Gasteiger charge is 2.53. The first kappa shape index (κ1) is 30.2. The van der Waals surface area contributed by atoms with Crippen molar-refractivity contribution in [3.63, 3.8) is 0 Å². The normalized spacial score (nSPS) is 22.9. The molecule has 0 spiro atoms. The summed E-state index contributed by atoms with van der Waals surface area (Å²) in [5.74, 6) is 0.627. The minimum absolute atomic E-state index is 0.0757. The number of carbonyl (C=O) groups is 1. The second-order valence-corrected chi connectivity index (χ2v) is 14.5. The summed E-state index contributed by atoms with van der Waals surface area (Å²) in [4.78, 5) is 17.1. The van der Waals surface area contributed by atoms with Gasteiger partial charge in [-0.15, -0.1) is 0 Å².